The third-order valence-electron chi connectivity index (χ3n) is 2.55. The smallest absolute Gasteiger partial charge is 0.0661 e. The van der Waals surface area contributed by atoms with Gasteiger partial charge in [0.15, 0.2) is 0 Å². The molecule has 0 bridgehead atoms. The fraction of sp³-hybridized carbons (Fsp3) is 0.267. The van der Waals surface area contributed by atoms with Gasteiger partial charge in [-0.05, 0) is 38.1 Å². The fourth-order valence-electron chi connectivity index (χ4n) is 1.82. The van der Waals surface area contributed by atoms with E-state index in [-0.39, 0.29) is 0 Å². The highest BCUT2D eigenvalue weighted by Gasteiger charge is 2.03. The molecule has 0 unspecified atom stereocenters. The van der Waals surface area contributed by atoms with Gasteiger partial charge in [0.05, 0.1) is 11.4 Å². The van der Waals surface area contributed by atoms with Gasteiger partial charge in [0.2, 0.25) is 0 Å². The molecule has 0 N–H and O–H groups in total. The van der Waals surface area contributed by atoms with Gasteiger partial charge >= 0.3 is 0 Å². The number of aromatic nitrogens is 2. The first kappa shape index (κ1) is 12.7. The first-order valence-corrected chi connectivity index (χ1v) is 6.42. The average Bonchev–Trinajstić information content (AvgIpc) is 2.69. The van der Waals surface area contributed by atoms with Gasteiger partial charge in [-0.2, -0.15) is 5.10 Å². The summed E-state index contributed by atoms with van der Waals surface area (Å²) in [6.07, 6.45) is 0.714. The molecule has 0 saturated heterocycles. The van der Waals surface area contributed by atoms with Crippen molar-refractivity contribution in [1.82, 2.24) is 9.78 Å². The zero-order chi connectivity index (χ0) is 13.0. The molecule has 0 aliphatic carbocycles. The second-order valence-corrected chi connectivity index (χ2v) is 4.51. The van der Waals surface area contributed by atoms with Crippen molar-refractivity contribution >= 4 is 11.6 Å². The van der Waals surface area contributed by atoms with Crippen molar-refractivity contribution in [3.8, 4) is 17.5 Å². The van der Waals surface area contributed by atoms with Crippen LogP contribution < -0.4 is 0 Å². The minimum Gasteiger partial charge on any atom is -0.238 e. The SMILES string of the molecule is Cc1cc(C)n(-c2cccc(C#CCCCl)c2)n1. The van der Waals surface area contributed by atoms with Crippen molar-refractivity contribution in [3.05, 3.63) is 47.3 Å². The van der Waals surface area contributed by atoms with Crippen LogP contribution in [0.2, 0.25) is 0 Å². The summed E-state index contributed by atoms with van der Waals surface area (Å²) in [5, 5.41) is 4.47. The molecule has 0 aliphatic heterocycles. The van der Waals surface area contributed by atoms with Crippen LogP contribution in [0.25, 0.3) is 5.69 Å². The lowest BCUT2D eigenvalue weighted by Crippen LogP contribution is -1.99. The number of aryl methyl sites for hydroxylation is 2. The van der Waals surface area contributed by atoms with Crippen molar-refractivity contribution < 1.29 is 0 Å². The van der Waals surface area contributed by atoms with Crippen molar-refractivity contribution in [2.45, 2.75) is 20.3 Å². The van der Waals surface area contributed by atoms with E-state index in [2.05, 4.69) is 23.0 Å². The number of benzene rings is 1. The Kier molecular flexibility index (Phi) is 4.07. The van der Waals surface area contributed by atoms with Crippen LogP contribution in [0.3, 0.4) is 0 Å². The standard InChI is InChI=1S/C15H15ClN2/c1-12-10-13(2)18(17-12)15-8-5-7-14(11-15)6-3-4-9-16/h5,7-8,10-11H,4,9H2,1-2H3. The summed E-state index contributed by atoms with van der Waals surface area (Å²) in [6.45, 7) is 4.04. The molecule has 2 aromatic rings. The average molecular weight is 259 g/mol. The molecule has 0 saturated carbocycles. The number of alkyl halides is 1. The van der Waals surface area contributed by atoms with Gasteiger partial charge in [-0.15, -0.1) is 11.6 Å². The predicted octanol–water partition coefficient (Wildman–Crippen LogP) is 3.47. The second-order valence-electron chi connectivity index (χ2n) is 4.13. The summed E-state index contributed by atoms with van der Waals surface area (Å²) in [5.74, 6) is 6.72. The Morgan fingerprint density at radius 1 is 1.28 bits per heavy atom. The monoisotopic (exact) mass is 258 g/mol. The summed E-state index contributed by atoms with van der Waals surface area (Å²) in [5.41, 5.74) is 4.17. The molecular formula is C15H15ClN2. The minimum absolute atomic E-state index is 0.574. The lowest BCUT2D eigenvalue weighted by atomic mass is 10.2. The van der Waals surface area contributed by atoms with Gasteiger partial charge in [0.25, 0.3) is 0 Å². The highest BCUT2D eigenvalue weighted by Crippen LogP contribution is 2.13. The maximum atomic E-state index is 5.60. The predicted molar refractivity (Wildman–Crippen MR) is 75.3 cm³/mol. The highest BCUT2D eigenvalue weighted by atomic mass is 35.5. The maximum absolute atomic E-state index is 5.60. The quantitative estimate of drug-likeness (QED) is 0.596. The normalized spacial score (nSPS) is 9.94. The van der Waals surface area contributed by atoms with Gasteiger partial charge in [-0.25, -0.2) is 4.68 Å². The molecule has 1 aromatic heterocycles. The molecule has 2 rings (SSSR count). The Morgan fingerprint density at radius 2 is 2.11 bits per heavy atom. The first-order valence-electron chi connectivity index (χ1n) is 5.89. The third-order valence-corrected chi connectivity index (χ3v) is 2.74. The molecular weight excluding hydrogens is 244 g/mol. The van der Waals surface area contributed by atoms with E-state index in [4.69, 9.17) is 11.6 Å². The molecule has 0 aliphatic rings. The van der Waals surface area contributed by atoms with E-state index >= 15 is 0 Å². The van der Waals surface area contributed by atoms with E-state index in [1.165, 1.54) is 0 Å². The van der Waals surface area contributed by atoms with Crippen molar-refractivity contribution in [3.63, 3.8) is 0 Å². The molecule has 0 radical (unpaired) electrons. The third kappa shape index (κ3) is 2.94. The number of hydrogen-bond donors (Lipinski definition) is 0. The van der Waals surface area contributed by atoms with Crippen LogP contribution in [0.4, 0.5) is 0 Å². The number of halogens is 1. The van der Waals surface area contributed by atoms with Crippen LogP contribution in [0.15, 0.2) is 30.3 Å². The molecule has 3 heteroatoms. The molecule has 0 amide bonds. The van der Waals surface area contributed by atoms with Crippen LogP contribution in [0, 0.1) is 25.7 Å². The zero-order valence-electron chi connectivity index (χ0n) is 10.6. The van der Waals surface area contributed by atoms with E-state index in [9.17, 15) is 0 Å². The Balaban J connectivity index is 2.33. The van der Waals surface area contributed by atoms with Gasteiger partial charge in [-0.1, -0.05) is 17.9 Å². The van der Waals surface area contributed by atoms with Crippen molar-refractivity contribution in [2.75, 3.05) is 5.88 Å². The summed E-state index contributed by atoms with van der Waals surface area (Å²) >= 11 is 5.60. The van der Waals surface area contributed by atoms with E-state index in [1.807, 2.05) is 42.8 Å². The molecule has 1 aromatic carbocycles. The molecule has 1 heterocycles. The molecule has 0 atom stereocenters. The van der Waals surface area contributed by atoms with Gasteiger partial charge in [0, 0.05) is 23.6 Å². The summed E-state index contributed by atoms with van der Waals surface area (Å²) in [4.78, 5) is 0. The summed E-state index contributed by atoms with van der Waals surface area (Å²) in [7, 11) is 0. The van der Waals surface area contributed by atoms with Crippen LogP contribution in [-0.4, -0.2) is 15.7 Å². The molecule has 92 valence electrons. The second kappa shape index (κ2) is 5.75. The van der Waals surface area contributed by atoms with E-state index < -0.39 is 0 Å². The highest BCUT2D eigenvalue weighted by molar-refractivity contribution is 6.18. The number of nitrogens with zero attached hydrogens (tertiary/aromatic N) is 2. The molecule has 18 heavy (non-hydrogen) atoms. The Morgan fingerprint density at radius 3 is 2.78 bits per heavy atom. The van der Waals surface area contributed by atoms with E-state index in [0.29, 0.717) is 12.3 Å². The topological polar surface area (TPSA) is 17.8 Å². The molecule has 2 nitrogen and oxygen atoms in total. The Hall–Kier alpha value is -1.72. The Labute approximate surface area is 113 Å². The Bertz CT molecular complexity index is 602. The van der Waals surface area contributed by atoms with Gasteiger partial charge in [-0.3, -0.25) is 0 Å². The van der Waals surface area contributed by atoms with Crippen molar-refractivity contribution in [1.29, 1.82) is 0 Å². The van der Waals surface area contributed by atoms with Gasteiger partial charge < -0.3 is 0 Å². The van der Waals surface area contributed by atoms with Gasteiger partial charge in [0.1, 0.15) is 0 Å². The van der Waals surface area contributed by atoms with E-state index in [1.54, 1.807) is 0 Å². The van der Waals surface area contributed by atoms with Crippen LogP contribution in [-0.2, 0) is 0 Å². The van der Waals surface area contributed by atoms with Crippen LogP contribution in [0.1, 0.15) is 23.4 Å². The molecule has 0 fully saturated rings. The zero-order valence-corrected chi connectivity index (χ0v) is 11.3. The summed E-state index contributed by atoms with van der Waals surface area (Å²) < 4.78 is 1.93. The largest absolute Gasteiger partial charge is 0.238 e. The van der Waals surface area contributed by atoms with Crippen molar-refractivity contribution in [2.24, 2.45) is 0 Å². The van der Waals surface area contributed by atoms with Crippen LogP contribution in [0.5, 0.6) is 0 Å². The fourth-order valence-corrected chi connectivity index (χ4v) is 1.91. The number of hydrogen-bond acceptors (Lipinski definition) is 1. The van der Waals surface area contributed by atoms with E-state index in [0.717, 1.165) is 22.6 Å². The molecule has 0 spiro atoms. The lowest BCUT2D eigenvalue weighted by Gasteiger charge is -2.04. The maximum Gasteiger partial charge on any atom is 0.0661 e. The lowest BCUT2D eigenvalue weighted by molar-refractivity contribution is 0.833. The summed E-state index contributed by atoms with van der Waals surface area (Å²) in [6, 6.07) is 10.1. The minimum atomic E-state index is 0.574. The first-order chi connectivity index (χ1) is 8.70. The number of rotatable bonds is 2. The van der Waals surface area contributed by atoms with Crippen LogP contribution >= 0.6 is 11.6 Å².